The molecular formula is C10H10ClN3O2. The van der Waals surface area contributed by atoms with Gasteiger partial charge in [0.15, 0.2) is 5.65 Å². The molecule has 2 rings (SSSR count). The van der Waals surface area contributed by atoms with Crippen molar-refractivity contribution in [2.24, 2.45) is 0 Å². The minimum Gasteiger partial charge on any atom is -0.469 e. The molecule has 0 fully saturated rings. The highest BCUT2D eigenvalue weighted by Gasteiger charge is 2.15. The summed E-state index contributed by atoms with van der Waals surface area (Å²) in [5, 5.41) is 4.42. The number of carbonyl (C=O) groups is 1. The van der Waals surface area contributed by atoms with E-state index in [2.05, 4.69) is 14.8 Å². The molecule has 0 atom stereocenters. The van der Waals surface area contributed by atoms with Gasteiger partial charge in [0.25, 0.3) is 0 Å². The summed E-state index contributed by atoms with van der Waals surface area (Å²) < 4.78 is 6.10. The highest BCUT2D eigenvalue weighted by Crippen LogP contribution is 2.20. The first-order chi connectivity index (χ1) is 7.63. The van der Waals surface area contributed by atoms with Gasteiger partial charge in [0.05, 0.1) is 19.7 Å². The van der Waals surface area contributed by atoms with Gasteiger partial charge in [-0.25, -0.2) is 9.50 Å². The first-order valence-electron chi connectivity index (χ1n) is 4.69. The number of aryl methyl sites for hydroxylation is 1. The normalized spacial score (nSPS) is 10.7. The van der Waals surface area contributed by atoms with Crippen LogP contribution in [0, 0.1) is 6.92 Å². The van der Waals surface area contributed by atoms with E-state index in [9.17, 15) is 4.79 Å². The van der Waals surface area contributed by atoms with Gasteiger partial charge in [-0.3, -0.25) is 4.79 Å². The number of aromatic nitrogens is 3. The number of methoxy groups -OCH3 is 1. The van der Waals surface area contributed by atoms with Crippen molar-refractivity contribution in [1.29, 1.82) is 0 Å². The topological polar surface area (TPSA) is 56.5 Å². The molecule has 0 saturated heterocycles. The second-order valence-corrected chi connectivity index (χ2v) is 3.68. The van der Waals surface area contributed by atoms with Crippen molar-refractivity contribution >= 4 is 23.2 Å². The molecule has 2 aromatic rings. The molecule has 0 aliphatic heterocycles. The molecule has 0 amide bonds. The van der Waals surface area contributed by atoms with Gasteiger partial charge >= 0.3 is 5.97 Å². The molecule has 16 heavy (non-hydrogen) atoms. The summed E-state index contributed by atoms with van der Waals surface area (Å²) in [6.07, 6.45) is 1.71. The van der Waals surface area contributed by atoms with Crippen LogP contribution in [-0.2, 0) is 16.0 Å². The number of carbonyl (C=O) groups excluding carboxylic acids is 1. The van der Waals surface area contributed by atoms with E-state index in [1.54, 1.807) is 19.2 Å². The highest BCUT2D eigenvalue weighted by molar-refractivity contribution is 6.30. The molecule has 0 unspecified atom stereocenters. The van der Waals surface area contributed by atoms with E-state index >= 15 is 0 Å². The van der Waals surface area contributed by atoms with E-state index in [-0.39, 0.29) is 12.4 Å². The van der Waals surface area contributed by atoms with E-state index in [0.717, 1.165) is 0 Å². The lowest BCUT2D eigenvalue weighted by atomic mass is 10.2. The summed E-state index contributed by atoms with van der Waals surface area (Å²) >= 11 is 6.14. The third kappa shape index (κ3) is 1.74. The molecule has 0 aliphatic carbocycles. The monoisotopic (exact) mass is 239 g/mol. The fraction of sp³-hybridized carbons (Fsp3) is 0.300. The molecule has 0 aromatic carbocycles. The fourth-order valence-electron chi connectivity index (χ4n) is 1.47. The second-order valence-electron chi connectivity index (χ2n) is 3.32. The average molecular weight is 240 g/mol. The smallest absolute Gasteiger partial charge is 0.310 e. The molecule has 2 heterocycles. The van der Waals surface area contributed by atoms with Crippen molar-refractivity contribution in [2.75, 3.05) is 7.11 Å². The number of halogens is 1. The summed E-state index contributed by atoms with van der Waals surface area (Å²) in [6, 6.07) is 1.75. The lowest BCUT2D eigenvalue weighted by molar-refractivity contribution is -0.139. The Bertz CT molecular complexity index is 550. The lowest BCUT2D eigenvalue weighted by Gasteiger charge is -2.07. The zero-order chi connectivity index (χ0) is 11.7. The zero-order valence-corrected chi connectivity index (χ0v) is 9.65. The van der Waals surface area contributed by atoms with Gasteiger partial charge in [-0.2, -0.15) is 5.10 Å². The summed E-state index contributed by atoms with van der Waals surface area (Å²) in [5.74, 6) is -0.349. The largest absolute Gasteiger partial charge is 0.469 e. The maximum absolute atomic E-state index is 11.2. The Morgan fingerprint density at radius 1 is 1.62 bits per heavy atom. The zero-order valence-electron chi connectivity index (χ0n) is 8.90. The van der Waals surface area contributed by atoms with Gasteiger partial charge in [-0.05, 0) is 6.92 Å². The number of nitrogens with zero attached hydrogens (tertiary/aromatic N) is 3. The Labute approximate surface area is 97.0 Å². The van der Waals surface area contributed by atoms with Crippen LogP contribution >= 0.6 is 11.6 Å². The Morgan fingerprint density at radius 3 is 3.06 bits per heavy atom. The van der Waals surface area contributed by atoms with Crippen molar-refractivity contribution in [1.82, 2.24) is 14.6 Å². The highest BCUT2D eigenvalue weighted by atomic mass is 35.5. The van der Waals surface area contributed by atoms with Crippen LogP contribution in [0.3, 0.4) is 0 Å². The van der Waals surface area contributed by atoms with Crippen molar-refractivity contribution in [2.45, 2.75) is 13.3 Å². The van der Waals surface area contributed by atoms with Crippen LogP contribution in [0.15, 0.2) is 12.3 Å². The molecule has 84 valence electrons. The second kappa shape index (κ2) is 4.09. The van der Waals surface area contributed by atoms with E-state index in [1.165, 1.54) is 11.6 Å². The molecule has 2 aromatic heterocycles. The number of fused-ring (bicyclic) bond motifs is 1. The number of ether oxygens (including phenoxy) is 1. The molecule has 0 bridgehead atoms. The van der Waals surface area contributed by atoms with Crippen LogP contribution in [-0.4, -0.2) is 27.7 Å². The van der Waals surface area contributed by atoms with E-state index < -0.39 is 0 Å². The first-order valence-corrected chi connectivity index (χ1v) is 5.07. The van der Waals surface area contributed by atoms with Crippen LogP contribution in [0.4, 0.5) is 0 Å². The van der Waals surface area contributed by atoms with Crippen molar-refractivity contribution in [3.05, 3.63) is 28.7 Å². The molecule has 5 nitrogen and oxygen atoms in total. The summed E-state index contributed by atoms with van der Waals surface area (Å²) in [6.45, 7) is 1.80. The Hall–Kier alpha value is -1.62. The van der Waals surface area contributed by atoms with Gasteiger partial charge in [0.1, 0.15) is 5.15 Å². The molecule has 0 radical (unpaired) electrons. The van der Waals surface area contributed by atoms with Crippen molar-refractivity contribution in [3.8, 4) is 0 Å². The third-order valence-corrected chi connectivity index (χ3v) is 2.71. The van der Waals surface area contributed by atoms with Crippen LogP contribution in [0.2, 0.25) is 5.15 Å². The van der Waals surface area contributed by atoms with Crippen molar-refractivity contribution in [3.63, 3.8) is 0 Å². The number of rotatable bonds is 2. The lowest BCUT2D eigenvalue weighted by Crippen LogP contribution is -2.10. The average Bonchev–Trinajstić information content (AvgIpc) is 2.71. The number of hydrogen-bond donors (Lipinski definition) is 0. The van der Waals surface area contributed by atoms with Crippen LogP contribution in [0.1, 0.15) is 11.3 Å². The third-order valence-electron chi connectivity index (χ3n) is 2.33. The first kappa shape index (κ1) is 10.9. The molecule has 0 N–H and O–H groups in total. The molecule has 0 saturated carbocycles. The SMILES string of the molecule is COC(=O)Cc1c(C)nc2ccnn2c1Cl. The minimum atomic E-state index is -0.349. The maximum atomic E-state index is 11.2. The van der Waals surface area contributed by atoms with Gasteiger partial charge < -0.3 is 4.74 Å². The quantitative estimate of drug-likeness (QED) is 0.587. The molecule has 0 spiro atoms. The van der Waals surface area contributed by atoms with Gasteiger partial charge in [-0.1, -0.05) is 11.6 Å². The number of esters is 1. The number of hydrogen-bond acceptors (Lipinski definition) is 4. The summed E-state index contributed by atoms with van der Waals surface area (Å²) in [5.41, 5.74) is 2.02. The van der Waals surface area contributed by atoms with Gasteiger partial charge in [-0.15, -0.1) is 0 Å². The fourth-order valence-corrected chi connectivity index (χ4v) is 1.80. The predicted molar refractivity (Wildman–Crippen MR) is 58.5 cm³/mol. The Balaban J connectivity index is 2.55. The molecular weight excluding hydrogens is 230 g/mol. The Kier molecular flexibility index (Phi) is 2.78. The van der Waals surface area contributed by atoms with Crippen LogP contribution < -0.4 is 0 Å². The van der Waals surface area contributed by atoms with Crippen molar-refractivity contribution < 1.29 is 9.53 Å². The summed E-state index contributed by atoms with van der Waals surface area (Å²) in [4.78, 5) is 15.5. The standard InChI is InChI=1S/C10H10ClN3O2/c1-6-7(5-9(15)16-2)10(11)14-8(13-6)3-4-12-14/h3-4H,5H2,1-2H3. The predicted octanol–water partition coefficient (Wildman–Crippen LogP) is 1.41. The summed E-state index contributed by atoms with van der Waals surface area (Å²) in [7, 11) is 1.34. The van der Waals surface area contributed by atoms with Crippen LogP contribution in [0.5, 0.6) is 0 Å². The van der Waals surface area contributed by atoms with E-state index in [4.69, 9.17) is 11.6 Å². The van der Waals surface area contributed by atoms with Crippen LogP contribution in [0.25, 0.3) is 5.65 Å². The molecule has 6 heteroatoms. The van der Waals surface area contributed by atoms with E-state index in [1.807, 2.05) is 0 Å². The maximum Gasteiger partial charge on any atom is 0.310 e. The van der Waals surface area contributed by atoms with Gasteiger partial charge in [0, 0.05) is 17.3 Å². The van der Waals surface area contributed by atoms with E-state index in [0.29, 0.717) is 22.1 Å². The van der Waals surface area contributed by atoms with Gasteiger partial charge in [0.2, 0.25) is 0 Å². The minimum absolute atomic E-state index is 0.101. The Morgan fingerprint density at radius 2 is 2.38 bits per heavy atom. The molecule has 0 aliphatic rings.